The predicted octanol–water partition coefficient (Wildman–Crippen LogP) is 3.24. The predicted molar refractivity (Wildman–Crippen MR) is 84.5 cm³/mol. The SMILES string of the molecule is Cc1cccc(C(=O)Nc2cc(C#CCO)ccc2Cl)c1. The second-order valence-corrected chi connectivity index (χ2v) is 4.89. The Labute approximate surface area is 128 Å². The zero-order valence-corrected chi connectivity index (χ0v) is 12.2. The van der Waals surface area contributed by atoms with Crippen molar-refractivity contribution in [1.29, 1.82) is 0 Å². The minimum Gasteiger partial charge on any atom is -0.384 e. The lowest BCUT2D eigenvalue weighted by molar-refractivity contribution is 0.102. The van der Waals surface area contributed by atoms with Gasteiger partial charge >= 0.3 is 0 Å². The Morgan fingerprint density at radius 2 is 2.10 bits per heavy atom. The largest absolute Gasteiger partial charge is 0.384 e. The Kier molecular flexibility index (Phi) is 4.99. The van der Waals surface area contributed by atoms with Crippen molar-refractivity contribution in [2.75, 3.05) is 11.9 Å². The summed E-state index contributed by atoms with van der Waals surface area (Å²) in [5.41, 5.74) is 2.75. The highest BCUT2D eigenvalue weighted by molar-refractivity contribution is 6.34. The molecule has 0 aliphatic rings. The number of benzene rings is 2. The number of carbonyl (C=O) groups is 1. The number of nitrogens with one attached hydrogen (secondary N) is 1. The van der Waals surface area contributed by atoms with E-state index in [-0.39, 0.29) is 12.5 Å². The number of aliphatic hydroxyl groups is 1. The van der Waals surface area contributed by atoms with Crippen molar-refractivity contribution in [2.24, 2.45) is 0 Å². The van der Waals surface area contributed by atoms with Gasteiger partial charge in [-0.2, -0.15) is 0 Å². The van der Waals surface area contributed by atoms with Gasteiger partial charge in [0.25, 0.3) is 5.91 Å². The number of hydrogen-bond acceptors (Lipinski definition) is 2. The third-order valence-electron chi connectivity index (χ3n) is 2.81. The molecular weight excluding hydrogens is 286 g/mol. The monoisotopic (exact) mass is 299 g/mol. The first-order valence-electron chi connectivity index (χ1n) is 6.37. The topological polar surface area (TPSA) is 49.3 Å². The van der Waals surface area contributed by atoms with Crippen LogP contribution in [0.1, 0.15) is 21.5 Å². The molecule has 0 radical (unpaired) electrons. The molecule has 21 heavy (non-hydrogen) atoms. The molecule has 0 saturated heterocycles. The average Bonchev–Trinajstić information content (AvgIpc) is 2.48. The van der Waals surface area contributed by atoms with Crippen molar-refractivity contribution < 1.29 is 9.90 Å². The summed E-state index contributed by atoms with van der Waals surface area (Å²) in [5, 5.41) is 11.9. The summed E-state index contributed by atoms with van der Waals surface area (Å²) in [7, 11) is 0. The summed E-state index contributed by atoms with van der Waals surface area (Å²) < 4.78 is 0. The van der Waals surface area contributed by atoms with Crippen molar-refractivity contribution in [2.45, 2.75) is 6.92 Å². The highest BCUT2D eigenvalue weighted by atomic mass is 35.5. The van der Waals surface area contributed by atoms with E-state index in [1.54, 1.807) is 30.3 Å². The molecule has 2 N–H and O–H groups in total. The number of amides is 1. The molecule has 0 aromatic heterocycles. The molecule has 0 aliphatic heterocycles. The standard InChI is InChI=1S/C17H14ClNO2/c1-12-4-2-6-14(10-12)17(21)19-16-11-13(5-3-9-20)7-8-15(16)18/h2,4,6-8,10-11,20H,9H2,1H3,(H,19,21). The first kappa shape index (κ1) is 15.1. The summed E-state index contributed by atoms with van der Waals surface area (Å²) in [4.78, 5) is 12.2. The van der Waals surface area contributed by atoms with E-state index in [1.165, 1.54) is 0 Å². The Balaban J connectivity index is 2.24. The Morgan fingerprint density at radius 1 is 1.29 bits per heavy atom. The van der Waals surface area contributed by atoms with Gasteiger partial charge in [-0.05, 0) is 37.3 Å². The van der Waals surface area contributed by atoms with Crippen LogP contribution < -0.4 is 5.32 Å². The van der Waals surface area contributed by atoms with Gasteiger partial charge in [-0.25, -0.2) is 0 Å². The van der Waals surface area contributed by atoms with Crippen molar-refractivity contribution in [3.8, 4) is 11.8 Å². The number of aryl methyl sites for hydroxylation is 1. The molecule has 0 bridgehead atoms. The third-order valence-corrected chi connectivity index (χ3v) is 3.14. The molecule has 2 rings (SSSR count). The lowest BCUT2D eigenvalue weighted by Gasteiger charge is -2.08. The van der Waals surface area contributed by atoms with E-state index in [9.17, 15) is 4.79 Å². The summed E-state index contributed by atoms with van der Waals surface area (Å²) in [6.07, 6.45) is 0. The molecule has 3 nitrogen and oxygen atoms in total. The fourth-order valence-electron chi connectivity index (χ4n) is 1.82. The van der Waals surface area contributed by atoms with E-state index >= 15 is 0 Å². The zero-order valence-electron chi connectivity index (χ0n) is 11.5. The molecule has 0 heterocycles. The first-order valence-corrected chi connectivity index (χ1v) is 6.75. The molecular formula is C17H14ClNO2. The van der Waals surface area contributed by atoms with Crippen LogP contribution in [0, 0.1) is 18.8 Å². The molecule has 2 aromatic rings. The van der Waals surface area contributed by atoms with Crippen LogP contribution in [0.15, 0.2) is 42.5 Å². The smallest absolute Gasteiger partial charge is 0.255 e. The van der Waals surface area contributed by atoms with Gasteiger partial charge in [0.1, 0.15) is 6.61 Å². The number of rotatable bonds is 2. The molecule has 1 amide bonds. The number of carbonyl (C=O) groups excluding carboxylic acids is 1. The van der Waals surface area contributed by atoms with Crippen LogP contribution in [0.2, 0.25) is 5.02 Å². The van der Waals surface area contributed by atoms with Crippen LogP contribution in [-0.4, -0.2) is 17.6 Å². The summed E-state index contributed by atoms with van der Waals surface area (Å²) in [6, 6.07) is 12.4. The molecule has 0 saturated carbocycles. The lowest BCUT2D eigenvalue weighted by Crippen LogP contribution is -2.12. The molecule has 106 valence electrons. The first-order chi connectivity index (χ1) is 10.1. The summed E-state index contributed by atoms with van der Waals surface area (Å²) in [6.45, 7) is 1.71. The van der Waals surface area contributed by atoms with Gasteiger partial charge in [-0.1, -0.05) is 41.1 Å². The van der Waals surface area contributed by atoms with Crippen molar-refractivity contribution in [3.05, 3.63) is 64.2 Å². The van der Waals surface area contributed by atoms with E-state index in [2.05, 4.69) is 17.2 Å². The van der Waals surface area contributed by atoms with Crippen LogP contribution >= 0.6 is 11.6 Å². The van der Waals surface area contributed by atoms with Gasteiger partial charge in [0, 0.05) is 11.1 Å². The van der Waals surface area contributed by atoms with Gasteiger partial charge in [-0.3, -0.25) is 4.79 Å². The number of anilines is 1. The van der Waals surface area contributed by atoms with E-state index in [0.29, 0.717) is 21.8 Å². The minimum atomic E-state index is -0.229. The van der Waals surface area contributed by atoms with Crippen molar-refractivity contribution >= 4 is 23.2 Å². The fraction of sp³-hybridized carbons (Fsp3) is 0.118. The zero-order chi connectivity index (χ0) is 15.2. The molecule has 4 heteroatoms. The highest BCUT2D eigenvalue weighted by Gasteiger charge is 2.09. The van der Waals surface area contributed by atoms with E-state index in [0.717, 1.165) is 5.56 Å². The van der Waals surface area contributed by atoms with Gasteiger partial charge in [-0.15, -0.1) is 0 Å². The molecule has 0 aliphatic carbocycles. The van der Waals surface area contributed by atoms with Crippen LogP contribution in [0.25, 0.3) is 0 Å². The quantitative estimate of drug-likeness (QED) is 0.836. The normalized spacial score (nSPS) is 9.67. The molecule has 2 aromatic carbocycles. The molecule has 0 unspecified atom stereocenters. The number of hydrogen-bond donors (Lipinski definition) is 2. The van der Waals surface area contributed by atoms with Crippen LogP contribution in [0.5, 0.6) is 0 Å². The second-order valence-electron chi connectivity index (χ2n) is 4.48. The third kappa shape index (κ3) is 4.09. The van der Waals surface area contributed by atoms with Gasteiger partial charge in [0.15, 0.2) is 0 Å². The maximum Gasteiger partial charge on any atom is 0.255 e. The van der Waals surface area contributed by atoms with Crippen LogP contribution in [0.4, 0.5) is 5.69 Å². The van der Waals surface area contributed by atoms with E-state index in [4.69, 9.17) is 16.7 Å². The minimum absolute atomic E-state index is 0.215. The molecule has 0 spiro atoms. The Morgan fingerprint density at radius 3 is 2.81 bits per heavy atom. The van der Waals surface area contributed by atoms with E-state index in [1.807, 2.05) is 19.1 Å². The van der Waals surface area contributed by atoms with Gasteiger partial charge < -0.3 is 10.4 Å². The van der Waals surface area contributed by atoms with Crippen LogP contribution in [0.3, 0.4) is 0 Å². The second kappa shape index (κ2) is 6.94. The average molecular weight is 300 g/mol. The Hall–Kier alpha value is -2.28. The maximum absolute atomic E-state index is 12.2. The molecule has 0 atom stereocenters. The fourth-order valence-corrected chi connectivity index (χ4v) is 1.99. The van der Waals surface area contributed by atoms with Gasteiger partial charge in [0.2, 0.25) is 0 Å². The lowest BCUT2D eigenvalue weighted by atomic mass is 10.1. The molecule has 0 fully saturated rings. The summed E-state index contributed by atoms with van der Waals surface area (Å²) in [5.74, 6) is 5.10. The van der Waals surface area contributed by atoms with Crippen molar-refractivity contribution in [1.82, 2.24) is 0 Å². The highest BCUT2D eigenvalue weighted by Crippen LogP contribution is 2.23. The maximum atomic E-state index is 12.2. The number of halogens is 1. The van der Waals surface area contributed by atoms with Gasteiger partial charge in [0.05, 0.1) is 10.7 Å². The van der Waals surface area contributed by atoms with Crippen LogP contribution in [-0.2, 0) is 0 Å². The number of aliphatic hydroxyl groups excluding tert-OH is 1. The van der Waals surface area contributed by atoms with E-state index < -0.39 is 0 Å². The Bertz CT molecular complexity index is 729. The van der Waals surface area contributed by atoms with Crippen molar-refractivity contribution in [3.63, 3.8) is 0 Å². The summed E-state index contributed by atoms with van der Waals surface area (Å²) >= 11 is 6.08.